The lowest BCUT2D eigenvalue weighted by Gasteiger charge is -2.12. The summed E-state index contributed by atoms with van der Waals surface area (Å²) in [5, 5.41) is 9.34. The number of nitrogens with two attached hydrogens (primary N) is 1. The molecule has 1 atom stereocenters. The van der Waals surface area contributed by atoms with Gasteiger partial charge in [0.05, 0.1) is 6.10 Å². The number of carbonyl (C=O) groups excluding carboxylic acids is 1. The van der Waals surface area contributed by atoms with Gasteiger partial charge in [-0.05, 0) is 19.1 Å². The highest BCUT2D eigenvalue weighted by atomic mass is 19.1. The SMILES string of the molecule is C[C@H](O)c1ccc(F)cc1OCC(N)=O. The van der Waals surface area contributed by atoms with E-state index in [0.717, 1.165) is 6.07 Å². The van der Waals surface area contributed by atoms with Crippen LogP contribution in [0.15, 0.2) is 18.2 Å². The standard InChI is InChI=1S/C10H12FNO3/c1-6(13)8-3-2-7(11)4-9(8)15-5-10(12)14/h2-4,6,13H,5H2,1H3,(H2,12,14)/t6-/m0/s1. The Morgan fingerprint density at radius 2 is 2.33 bits per heavy atom. The maximum atomic E-state index is 12.9. The summed E-state index contributed by atoms with van der Waals surface area (Å²) in [6, 6.07) is 3.71. The van der Waals surface area contributed by atoms with E-state index < -0.39 is 17.8 Å². The number of halogens is 1. The summed E-state index contributed by atoms with van der Waals surface area (Å²) in [4.78, 5) is 10.5. The molecular formula is C10H12FNO3. The van der Waals surface area contributed by atoms with E-state index in [1.165, 1.54) is 19.1 Å². The molecule has 82 valence electrons. The number of hydrogen-bond donors (Lipinski definition) is 2. The molecule has 0 heterocycles. The normalized spacial score (nSPS) is 12.2. The molecule has 5 heteroatoms. The molecule has 0 saturated carbocycles. The van der Waals surface area contributed by atoms with Crippen molar-refractivity contribution in [2.24, 2.45) is 5.73 Å². The number of carbonyl (C=O) groups is 1. The van der Waals surface area contributed by atoms with E-state index in [2.05, 4.69) is 0 Å². The molecule has 15 heavy (non-hydrogen) atoms. The van der Waals surface area contributed by atoms with Gasteiger partial charge in [0.1, 0.15) is 11.6 Å². The van der Waals surface area contributed by atoms with Gasteiger partial charge < -0.3 is 15.6 Å². The zero-order chi connectivity index (χ0) is 11.4. The van der Waals surface area contributed by atoms with Crippen LogP contribution in [0.1, 0.15) is 18.6 Å². The lowest BCUT2D eigenvalue weighted by molar-refractivity contribution is -0.120. The van der Waals surface area contributed by atoms with Crippen LogP contribution in [0.25, 0.3) is 0 Å². The van der Waals surface area contributed by atoms with Crippen LogP contribution in [0.2, 0.25) is 0 Å². The minimum absolute atomic E-state index is 0.129. The van der Waals surface area contributed by atoms with Crippen molar-refractivity contribution in [2.45, 2.75) is 13.0 Å². The summed E-state index contributed by atoms with van der Waals surface area (Å²) >= 11 is 0. The highest BCUT2D eigenvalue weighted by molar-refractivity contribution is 5.75. The van der Waals surface area contributed by atoms with Crippen LogP contribution in [0, 0.1) is 5.82 Å². The van der Waals surface area contributed by atoms with Crippen molar-refractivity contribution in [1.82, 2.24) is 0 Å². The number of aliphatic hydroxyl groups is 1. The summed E-state index contributed by atoms with van der Waals surface area (Å²) in [5.74, 6) is -1.03. The third kappa shape index (κ3) is 3.21. The van der Waals surface area contributed by atoms with E-state index in [1.807, 2.05) is 0 Å². The van der Waals surface area contributed by atoms with Crippen LogP contribution in [0.5, 0.6) is 5.75 Å². The van der Waals surface area contributed by atoms with E-state index in [0.29, 0.717) is 5.56 Å². The molecule has 1 aromatic rings. The van der Waals surface area contributed by atoms with Gasteiger partial charge in [0.15, 0.2) is 6.61 Å². The van der Waals surface area contributed by atoms with Crippen molar-refractivity contribution in [1.29, 1.82) is 0 Å². The molecule has 0 spiro atoms. The van der Waals surface area contributed by atoms with E-state index >= 15 is 0 Å². The van der Waals surface area contributed by atoms with Crippen LogP contribution in [0.3, 0.4) is 0 Å². The van der Waals surface area contributed by atoms with Crippen molar-refractivity contribution < 1.29 is 19.0 Å². The summed E-state index contributed by atoms with van der Waals surface area (Å²) in [6.45, 7) is 1.17. The molecule has 0 aliphatic heterocycles. The topological polar surface area (TPSA) is 72.6 Å². The monoisotopic (exact) mass is 213 g/mol. The number of aliphatic hydroxyl groups excluding tert-OH is 1. The number of ether oxygens (including phenoxy) is 1. The third-order valence-electron chi connectivity index (χ3n) is 1.80. The Bertz CT molecular complexity index is 366. The van der Waals surface area contributed by atoms with Crippen LogP contribution in [-0.2, 0) is 4.79 Å². The molecule has 4 nitrogen and oxygen atoms in total. The molecule has 0 saturated heterocycles. The minimum atomic E-state index is -0.798. The van der Waals surface area contributed by atoms with Gasteiger partial charge in [-0.2, -0.15) is 0 Å². The van der Waals surface area contributed by atoms with Gasteiger partial charge in [-0.3, -0.25) is 4.79 Å². The molecule has 1 amide bonds. The molecule has 0 radical (unpaired) electrons. The van der Waals surface area contributed by atoms with Gasteiger partial charge in [-0.1, -0.05) is 0 Å². The van der Waals surface area contributed by atoms with E-state index in [-0.39, 0.29) is 12.4 Å². The van der Waals surface area contributed by atoms with Crippen LogP contribution in [-0.4, -0.2) is 17.6 Å². The van der Waals surface area contributed by atoms with Gasteiger partial charge in [0, 0.05) is 11.6 Å². The quantitative estimate of drug-likeness (QED) is 0.774. The van der Waals surface area contributed by atoms with E-state index in [9.17, 15) is 14.3 Å². The molecule has 0 aromatic heterocycles. The Morgan fingerprint density at radius 3 is 2.87 bits per heavy atom. The highest BCUT2D eigenvalue weighted by Crippen LogP contribution is 2.25. The number of hydrogen-bond acceptors (Lipinski definition) is 3. The lowest BCUT2D eigenvalue weighted by Crippen LogP contribution is -2.20. The second-order valence-corrected chi connectivity index (χ2v) is 3.11. The average molecular weight is 213 g/mol. The third-order valence-corrected chi connectivity index (χ3v) is 1.80. The molecule has 0 unspecified atom stereocenters. The molecular weight excluding hydrogens is 201 g/mol. The first-order valence-electron chi connectivity index (χ1n) is 4.39. The fourth-order valence-electron chi connectivity index (χ4n) is 1.13. The van der Waals surface area contributed by atoms with Crippen LogP contribution in [0.4, 0.5) is 4.39 Å². The maximum Gasteiger partial charge on any atom is 0.255 e. The summed E-state index contributed by atoms with van der Waals surface area (Å²) < 4.78 is 17.8. The Kier molecular flexibility index (Phi) is 3.62. The second kappa shape index (κ2) is 4.75. The molecule has 0 aliphatic rings. The zero-order valence-electron chi connectivity index (χ0n) is 8.24. The largest absolute Gasteiger partial charge is 0.483 e. The molecule has 0 fully saturated rings. The predicted molar refractivity (Wildman–Crippen MR) is 51.7 cm³/mol. The minimum Gasteiger partial charge on any atom is -0.483 e. The van der Waals surface area contributed by atoms with Crippen molar-refractivity contribution in [3.8, 4) is 5.75 Å². The Morgan fingerprint density at radius 1 is 1.67 bits per heavy atom. The van der Waals surface area contributed by atoms with Crippen LogP contribution < -0.4 is 10.5 Å². The van der Waals surface area contributed by atoms with Gasteiger partial charge >= 0.3 is 0 Å². The van der Waals surface area contributed by atoms with Gasteiger partial charge in [0.25, 0.3) is 5.91 Å². The zero-order valence-corrected chi connectivity index (χ0v) is 8.24. The predicted octanol–water partition coefficient (Wildman–Crippen LogP) is 0.743. The molecule has 1 rings (SSSR count). The van der Waals surface area contributed by atoms with Gasteiger partial charge in [-0.25, -0.2) is 4.39 Å². The average Bonchev–Trinajstić information content (AvgIpc) is 2.14. The first-order valence-corrected chi connectivity index (χ1v) is 4.39. The molecule has 0 bridgehead atoms. The number of amides is 1. The summed E-state index contributed by atoms with van der Waals surface area (Å²) in [6.07, 6.45) is -0.798. The number of benzene rings is 1. The van der Waals surface area contributed by atoms with E-state index in [1.54, 1.807) is 0 Å². The van der Waals surface area contributed by atoms with Crippen molar-refractivity contribution in [3.05, 3.63) is 29.6 Å². The van der Waals surface area contributed by atoms with Crippen molar-refractivity contribution in [2.75, 3.05) is 6.61 Å². The molecule has 1 aromatic carbocycles. The van der Waals surface area contributed by atoms with Crippen molar-refractivity contribution in [3.63, 3.8) is 0 Å². The first kappa shape index (κ1) is 11.5. The summed E-state index contributed by atoms with van der Waals surface area (Å²) in [7, 11) is 0. The maximum absolute atomic E-state index is 12.9. The Labute approximate surface area is 86.5 Å². The fourth-order valence-corrected chi connectivity index (χ4v) is 1.13. The fraction of sp³-hybridized carbons (Fsp3) is 0.300. The Balaban J connectivity index is 2.91. The second-order valence-electron chi connectivity index (χ2n) is 3.11. The summed E-state index contributed by atoms with van der Waals surface area (Å²) in [5.41, 5.74) is 5.30. The van der Waals surface area contributed by atoms with Crippen LogP contribution >= 0.6 is 0 Å². The molecule has 0 aliphatic carbocycles. The van der Waals surface area contributed by atoms with Gasteiger partial charge in [-0.15, -0.1) is 0 Å². The lowest BCUT2D eigenvalue weighted by atomic mass is 10.1. The smallest absolute Gasteiger partial charge is 0.255 e. The van der Waals surface area contributed by atoms with Gasteiger partial charge in [0.2, 0.25) is 0 Å². The highest BCUT2D eigenvalue weighted by Gasteiger charge is 2.10. The number of primary amides is 1. The Hall–Kier alpha value is -1.62. The van der Waals surface area contributed by atoms with Crippen molar-refractivity contribution >= 4 is 5.91 Å². The van der Waals surface area contributed by atoms with E-state index in [4.69, 9.17) is 10.5 Å². The first-order chi connectivity index (χ1) is 7.00. The number of rotatable bonds is 4. The molecule has 3 N–H and O–H groups in total.